The summed E-state index contributed by atoms with van der Waals surface area (Å²) >= 11 is 1.75. The van der Waals surface area contributed by atoms with E-state index >= 15 is 0 Å². The number of carbonyl (C=O) groups excluding carboxylic acids is 1. The van der Waals surface area contributed by atoms with E-state index in [0.29, 0.717) is 0 Å². The quantitative estimate of drug-likeness (QED) is 0.280. The van der Waals surface area contributed by atoms with Crippen LogP contribution in [0.1, 0.15) is 30.1 Å². The maximum atomic E-state index is 13.6. The van der Waals surface area contributed by atoms with Crippen LogP contribution in [0.2, 0.25) is 0 Å². The van der Waals surface area contributed by atoms with Crippen LogP contribution in [0.3, 0.4) is 0 Å². The van der Waals surface area contributed by atoms with Crippen molar-refractivity contribution in [2.45, 2.75) is 25.9 Å². The number of hydrogen-bond acceptors (Lipinski definition) is 4. The zero-order valence-electron chi connectivity index (χ0n) is 20.6. The predicted molar refractivity (Wildman–Crippen MR) is 153 cm³/mol. The van der Waals surface area contributed by atoms with Gasteiger partial charge in [0.05, 0.1) is 6.17 Å². The number of benzene rings is 4. The molecule has 6 rings (SSSR count). The van der Waals surface area contributed by atoms with Crippen molar-refractivity contribution in [2.75, 3.05) is 31.1 Å². The van der Waals surface area contributed by atoms with Crippen LogP contribution < -0.4 is 10.2 Å². The maximum Gasteiger partial charge on any atom is 0.253 e. The molecule has 36 heavy (non-hydrogen) atoms. The molecule has 1 unspecified atom stereocenters. The second kappa shape index (κ2) is 9.92. The van der Waals surface area contributed by atoms with Gasteiger partial charge in [-0.3, -0.25) is 9.69 Å². The molecule has 1 N–H and O–H groups in total. The van der Waals surface area contributed by atoms with Crippen LogP contribution in [0.25, 0.3) is 30.9 Å². The van der Waals surface area contributed by atoms with Crippen molar-refractivity contribution in [3.63, 3.8) is 0 Å². The number of piperazine rings is 1. The molecule has 1 atom stereocenters. The summed E-state index contributed by atoms with van der Waals surface area (Å²) in [5.41, 5.74) is 2.08. The molecule has 1 fully saturated rings. The first-order chi connectivity index (χ1) is 17.7. The van der Waals surface area contributed by atoms with Crippen LogP contribution in [0.4, 0.5) is 5.69 Å². The van der Waals surface area contributed by atoms with Crippen molar-refractivity contribution >= 4 is 53.9 Å². The van der Waals surface area contributed by atoms with Gasteiger partial charge in [-0.2, -0.15) is 0 Å². The highest BCUT2D eigenvalue weighted by Gasteiger charge is 2.26. The monoisotopic (exact) mass is 493 g/mol. The molecule has 1 aromatic heterocycles. The van der Waals surface area contributed by atoms with E-state index in [-0.39, 0.29) is 12.1 Å². The molecule has 182 valence electrons. The Morgan fingerprint density at radius 3 is 2.36 bits per heavy atom. The molecule has 1 aliphatic rings. The molecule has 5 aromatic rings. The highest BCUT2D eigenvalue weighted by atomic mass is 32.1. The van der Waals surface area contributed by atoms with E-state index in [4.69, 9.17) is 0 Å². The van der Waals surface area contributed by atoms with Crippen LogP contribution in [-0.2, 0) is 0 Å². The number of fused-ring (bicyclic) bond motifs is 4. The van der Waals surface area contributed by atoms with Crippen molar-refractivity contribution in [3.8, 4) is 0 Å². The fourth-order valence-electron chi connectivity index (χ4n) is 5.57. The van der Waals surface area contributed by atoms with Crippen LogP contribution in [0, 0.1) is 0 Å². The highest BCUT2D eigenvalue weighted by molar-refractivity contribution is 7.25. The van der Waals surface area contributed by atoms with Gasteiger partial charge in [-0.25, -0.2) is 0 Å². The smallest absolute Gasteiger partial charge is 0.253 e. The SMILES string of the molecule is CCCC(NC(=O)c1cccc2sc3ccccc3c12)N1CCN(c2cccc3ccccc23)CC1. The standard InChI is InChI=1S/C31H31N3OS/c1-2-9-29(32-31(35)25-14-8-17-28-30(25)24-13-5-6-16-27(24)36-28)34-20-18-33(19-21-34)26-15-7-11-22-10-3-4-12-23(22)26/h3-8,10-17,29H,2,9,18-21H2,1H3,(H,32,35). The predicted octanol–water partition coefficient (Wildman–Crippen LogP) is 6.89. The van der Waals surface area contributed by atoms with Gasteiger partial charge < -0.3 is 10.2 Å². The van der Waals surface area contributed by atoms with E-state index in [1.54, 1.807) is 11.3 Å². The zero-order chi connectivity index (χ0) is 24.5. The Hall–Kier alpha value is -3.41. The molecule has 4 aromatic carbocycles. The lowest BCUT2D eigenvalue weighted by molar-refractivity contribution is 0.0826. The summed E-state index contributed by atoms with van der Waals surface area (Å²) in [6.45, 7) is 5.96. The van der Waals surface area contributed by atoms with E-state index in [1.807, 2.05) is 12.1 Å². The van der Waals surface area contributed by atoms with Crippen molar-refractivity contribution < 1.29 is 4.79 Å². The third-order valence-electron chi connectivity index (χ3n) is 7.37. The number of nitrogens with one attached hydrogen (secondary N) is 1. The van der Waals surface area contributed by atoms with Crippen molar-refractivity contribution in [3.05, 3.63) is 90.5 Å². The van der Waals surface area contributed by atoms with Gasteiger partial charge in [-0.15, -0.1) is 11.3 Å². The lowest BCUT2D eigenvalue weighted by Crippen LogP contribution is -2.56. The van der Waals surface area contributed by atoms with Crippen LogP contribution in [0.15, 0.2) is 84.9 Å². The molecular formula is C31H31N3OS. The first-order valence-corrected chi connectivity index (χ1v) is 13.7. The molecule has 2 heterocycles. The number of anilines is 1. The fraction of sp³-hybridized carbons (Fsp3) is 0.258. The molecule has 4 nitrogen and oxygen atoms in total. The second-order valence-corrected chi connectivity index (χ2v) is 10.7. The summed E-state index contributed by atoms with van der Waals surface area (Å²) in [5, 5.41) is 8.24. The van der Waals surface area contributed by atoms with Crippen molar-refractivity contribution in [2.24, 2.45) is 0 Å². The normalized spacial score (nSPS) is 15.5. The number of rotatable bonds is 6. The van der Waals surface area contributed by atoms with Gasteiger partial charge >= 0.3 is 0 Å². The van der Waals surface area contributed by atoms with E-state index in [0.717, 1.165) is 50.0 Å². The van der Waals surface area contributed by atoms with Crippen molar-refractivity contribution in [1.29, 1.82) is 0 Å². The second-order valence-electron chi connectivity index (χ2n) is 9.58. The minimum Gasteiger partial charge on any atom is -0.368 e. The fourth-order valence-corrected chi connectivity index (χ4v) is 6.70. The number of amides is 1. The summed E-state index contributed by atoms with van der Waals surface area (Å²) in [6, 6.07) is 29.6. The number of thiophene rings is 1. The first-order valence-electron chi connectivity index (χ1n) is 12.9. The van der Waals surface area contributed by atoms with E-state index in [2.05, 4.69) is 94.8 Å². The minimum absolute atomic E-state index is 0.0269. The third kappa shape index (κ3) is 4.23. The average molecular weight is 494 g/mol. The number of carbonyl (C=O) groups is 1. The van der Waals surface area contributed by atoms with Gasteiger partial charge in [0.25, 0.3) is 5.91 Å². The lowest BCUT2D eigenvalue weighted by atomic mass is 10.1. The molecular weight excluding hydrogens is 462 g/mol. The highest BCUT2D eigenvalue weighted by Crippen LogP contribution is 2.36. The molecule has 1 amide bonds. The number of hydrogen-bond donors (Lipinski definition) is 1. The van der Waals surface area contributed by atoms with Crippen molar-refractivity contribution in [1.82, 2.24) is 10.2 Å². The van der Waals surface area contributed by atoms with Crippen LogP contribution >= 0.6 is 11.3 Å². The first kappa shape index (κ1) is 23.0. The summed E-state index contributed by atoms with van der Waals surface area (Å²) in [7, 11) is 0. The largest absolute Gasteiger partial charge is 0.368 e. The Bertz CT molecular complexity index is 1530. The summed E-state index contributed by atoms with van der Waals surface area (Å²) in [6.07, 6.45) is 2.01. The Morgan fingerprint density at radius 1 is 0.833 bits per heavy atom. The summed E-state index contributed by atoms with van der Waals surface area (Å²) < 4.78 is 2.39. The van der Waals surface area contributed by atoms with Gasteiger partial charge in [0.1, 0.15) is 0 Å². The Kier molecular flexibility index (Phi) is 6.34. The molecule has 1 aliphatic heterocycles. The maximum absolute atomic E-state index is 13.6. The topological polar surface area (TPSA) is 35.6 Å². The third-order valence-corrected chi connectivity index (χ3v) is 8.51. The van der Waals surface area contributed by atoms with Gasteiger partial charge in [0.15, 0.2) is 0 Å². The van der Waals surface area contributed by atoms with Gasteiger partial charge in [-0.05, 0) is 36.1 Å². The molecule has 0 bridgehead atoms. The summed E-state index contributed by atoms with van der Waals surface area (Å²) in [4.78, 5) is 18.6. The summed E-state index contributed by atoms with van der Waals surface area (Å²) in [5.74, 6) is 0.0269. The molecule has 0 radical (unpaired) electrons. The van der Waals surface area contributed by atoms with E-state index < -0.39 is 0 Å². The Balaban J connectivity index is 1.21. The molecule has 1 saturated heterocycles. The van der Waals surface area contributed by atoms with Crippen LogP contribution in [-0.4, -0.2) is 43.2 Å². The van der Waals surface area contributed by atoms with Gasteiger partial charge in [0.2, 0.25) is 0 Å². The molecule has 0 aliphatic carbocycles. The molecule has 0 spiro atoms. The van der Waals surface area contributed by atoms with Gasteiger partial charge in [0, 0.05) is 63.0 Å². The lowest BCUT2D eigenvalue weighted by Gasteiger charge is -2.40. The van der Waals surface area contributed by atoms with E-state index in [1.165, 1.54) is 31.2 Å². The Morgan fingerprint density at radius 2 is 1.53 bits per heavy atom. The van der Waals surface area contributed by atoms with Crippen LogP contribution in [0.5, 0.6) is 0 Å². The minimum atomic E-state index is 0.0269. The molecule has 5 heteroatoms. The van der Waals surface area contributed by atoms with E-state index in [9.17, 15) is 4.79 Å². The van der Waals surface area contributed by atoms with Gasteiger partial charge in [-0.1, -0.05) is 74.0 Å². The average Bonchev–Trinajstić information content (AvgIpc) is 3.31. The zero-order valence-corrected chi connectivity index (χ0v) is 21.4. The Labute approximate surface area is 216 Å². The number of nitrogens with zero attached hydrogens (tertiary/aromatic N) is 2. The molecule has 0 saturated carbocycles.